The quantitative estimate of drug-likeness (QED) is 0.362. The van der Waals surface area contributed by atoms with Gasteiger partial charge in [-0.15, -0.1) is 24.0 Å². The minimum absolute atomic E-state index is 0. The molecule has 2 aromatic rings. The summed E-state index contributed by atoms with van der Waals surface area (Å²) in [6, 6.07) is 11.2. The molecule has 1 aromatic carbocycles. The highest BCUT2D eigenvalue weighted by molar-refractivity contribution is 14.0. The number of benzene rings is 1. The van der Waals surface area contributed by atoms with Crippen LogP contribution in [0.25, 0.3) is 0 Å². The summed E-state index contributed by atoms with van der Waals surface area (Å²) in [5, 5.41) is 11.1. The van der Waals surface area contributed by atoms with Crippen molar-refractivity contribution in [3.63, 3.8) is 0 Å². The number of aliphatic imine (C=N–C) groups is 1. The number of rotatable bonds is 7. The zero-order valence-corrected chi connectivity index (χ0v) is 18.6. The number of nitrogens with zero attached hydrogens (tertiary/aromatic N) is 4. The average Bonchev–Trinajstić information content (AvgIpc) is 3.33. The molecule has 0 amide bonds. The van der Waals surface area contributed by atoms with E-state index in [2.05, 4.69) is 62.2 Å². The SMILES string of the molecule is CN=C(NCCc1cnn(C)c1)NCC(c1ccccc1)N1CCCC1.I. The Morgan fingerprint density at radius 2 is 1.93 bits per heavy atom. The summed E-state index contributed by atoms with van der Waals surface area (Å²) in [7, 11) is 3.77. The molecule has 3 rings (SSSR count). The second-order valence-corrected chi connectivity index (χ2v) is 6.82. The summed E-state index contributed by atoms with van der Waals surface area (Å²) < 4.78 is 1.84. The Morgan fingerprint density at radius 1 is 1.19 bits per heavy atom. The monoisotopic (exact) mass is 482 g/mol. The third kappa shape index (κ3) is 6.49. The molecule has 0 saturated carbocycles. The molecule has 27 heavy (non-hydrogen) atoms. The largest absolute Gasteiger partial charge is 0.356 e. The summed E-state index contributed by atoms with van der Waals surface area (Å²) in [5.41, 5.74) is 2.60. The molecule has 0 aliphatic carbocycles. The molecule has 1 fully saturated rings. The van der Waals surface area contributed by atoms with Crippen LogP contribution in [0.15, 0.2) is 47.7 Å². The van der Waals surface area contributed by atoms with Crippen molar-refractivity contribution in [1.29, 1.82) is 0 Å². The first-order valence-electron chi connectivity index (χ1n) is 9.47. The van der Waals surface area contributed by atoms with Gasteiger partial charge in [0, 0.05) is 33.4 Å². The number of hydrogen-bond donors (Lipinski definition) is 2. The number of guanidine groups is 1. The van der Waals surface area contributed by atoms with Gasteiger partial charge in [-0.1, -0.05) is 30.3 Å². The Kier molecular flexibility index (Phi) is 9.06. The Bertz CT molecular complexity index is 694. The molecule has 0 bridgehead atoms. The van der Waals surface area contributed by atoms with Crippen molar-refractivity contribution in [2.75, 3.05) is 33.2 Å². The van der Waals surface area contributed by atoms with Crippen molar-refractivity contribution in [2.45, 2.75) is 25.3 Å². The molecule has 6 nitrogen and oxygen atoms in total. The summed E-state index contributed by atoms with van der Waals surface area (Å²) >= 11 is 0. The number of hydrogen-bond acceptors (Lipinski definition) is 3. The maximum absolute atomic E-state index is 4.37. The summed E-state index contributed by atoms with van der Waals surface area (Å²) in [4.78, 5) is 6.95. The number of aryl methyl sites for hydroxylation is 1. The topological polar surface area (TPSA) is 57.5 Å². The van der Waals surface area contributed by atoms with Gasteiger partial charge in [0.1, 0.15) is 0 Å². The zero-order chi connectivity index (χ0) is 18.2. The number of nitrogens with one attached hydrogen (secondary N) is 2. The van der Waals surface area contributed by atoms with E-state index in [-0.39, 0.29) is 24.0 Å². The molecular formula is C20H31IN6. The first-order valence-corrected chi connectivity index (χ1v) is 9.47. The van der Waals surface area contributed by atoms with Crippen molar-refractivity contribution in [2.24, 2.45) is 12.0 Å². The minimum Gasteiger partial charge on any atom is -0.356 e. The molecule has 1 unspecified atom stereocenters. The Labute approximate surface area is 179 Å². The van der Waals surface area contributed by atoms with Crippen molar-refractivity contribution in [1.82, 2.24) is 25.3 Å². The zero-order valence-electron chi connectivity index (χ0n) is 16.3. The van der Waals surface area contributed by atoms with E-state index < -0.39 is 0 Å². The van der Waals surface area contributed by atoms with Crippen molar-refractivity contribution in [3.05, 3.63) is 53.9 Å². The van der Waals surface area contributed by atoms with Crippen LogP contribution in [0, 0.1) is 0 Å². The molecule has 7 heteroatoms. The summed E-state index contributed by atoms with van der Waals surface area (Å²) in [6.45, 7) is 4.05. The highest BCUT2D eigenvalue weighted by Crippen LogP contribution is 2.24. The first kappa shape index (κ1) is 21.7. The van der Waals surface area contributed by atoms with Gasteiger partial charge in [0.2, 0.25) is 0 Å². The van der Waals surface area contributed by atoms with Crippen molar-refractivity contribution >= 4 is 29.9 Å². The minimum atomic E-state index is 0. The van der Waals surface area contributed by atoms with Crippen LogP contribution in [0.3, 0.4) is 0 Å². The lowest BCUT2D eigenvalue weighted by Crippen LogP contribution is -2.43. The lowest BCUT2D eigenvalue weighted by molar-refractivity contribution is 0.245. The normalized spacial score (nSPS) is 16.0. The third-order valence-electron chi connectivity index (χ3n) is 4.92. The second kappa shape index (κ2) is 11.3. The van der Waals surface area contributed by atoms with Gasteiger partial charge in [-0.3, -0.25) is 14.6 Å². The van der Waals surface area contributed by atoms with Crippen molar-refractivity contribution < 1.29 is 0 Å². The van der Waals surface area contributed by atoms with Crippen LogP contribution in [0.5, 0.6) is 0 Å². The molecule has 2 N–H and O–H groups in total. The number of aromatic nitrogens is 2. The molecule has 0 spiro atoms. The van der Waals surface area contributed by atoms with Crippen molar-refractivity contribution in [3.8, 4) is 0 Å². The molecule has 2 heterocycles. The van der Waals surface area contributed by atoms with E-state index in [4.69, 9.17) is 0 Å². The van der Waals surface area contributed by atoms with Crippen LogP contribution in [-0.4, -0.2) is 53.9 Å². The molecule has 1 aliphatic rings. The Hall–Kier alpha value is -1.61. The van der Waals surface area contributed by atoms with Gasteiger partial charge in [-0.05, 0) is 43.5 Å². The number of likely N-dealkylation sites (tertiary alicyclic amines) is 1. The third-order valence-corrected chi connectivity index (χ3v) is 4.92. The van der Waals surface area contributed by atoms with Crippen LogP contribution in [0.1, 0.15) is 30.0 Å². The van der Waals surface area contributed by atoms with Crippen LogP contribution in [0.2, 0.25) is 0 Å². The van der Waals surface area contributed by atoms with E-state index in [1.165, 1.54) is 37.1 Å². The van der Waals surface area contributed by atoms with Crippen LogP contribution < -0.4 is 10.6 Å². The van der Waals surface area contributed by atoms with Gasteiger partial charge in [0.05, 0.1) is 12.2 Å². The average molecular weight is 482 g/mol. The van der Waals surface area contributed by atoms with E-state index in [1.807, 2.05) is 25.0 Å². The van der Waals surface area contributed by atoms with Gasteiger partial charge in [-0.2, -0.15) is 5.10 Å². The maximum atomic E-state index is 4.37. The molecule has 1 aliphatic heterocycles. The maximum Gasteiger partial charge on any atom is 0.191 e. The highest BCUT2D eigenvalue weighted by atomic mass is 127. The predicted molar refractivity (Wildman–Crippen MR) is 122 cm³/mol. The van der Waals surface area contributed by atoms with Crippen LogP contribution in [0.4, 0.5) is 0 Å². The fourth-order valence-electron chi connectivity index (χ4n) is 3.53. The molecule has 1 aromatic heterocycles. The smallest absolute Gasteiger partial charge is 0.191 e. The second-order valence-electron chi connectivity index (χ2n) is 6.82. The summed E-state index contributed by atoms with van der Waals surface area (Å²) in [6.07, 6.45) is 7.49. The van der Waals surface area contributed by atoms with Crippen LogP contribution in [-0.2, 0) is 13.5 Å². The van der Waals surface area contributed by atoms with E-state index in [0.717, 1.165) is 25.5 Å². The van der Waals surface area contributed by atoms with E-state index >= 15 is 0 Å². The highest BCUT2D eigenvalue weighted by Gasteiger charge is 2.23. The lowest BCUT2D eigenvalue weighted by atomic mass is 10.1. The van der Waals surface area contributed by atoms with E-state index in [0.29, 0.717) is 6.04 Å². The molecule has 148 valence electrons. The first-order chi connectivity index (χ1) is 12.8. The predicted octanol–water partition coefficient (Wildman–Crippen LogP) is 2.58. The molecular weight excluding hydrogens is 451 g/mol. The Balaban J connectivity index is 0.00000261. The van der Waals surface area contributed by atoms with Gasteiger partial charge in [0.25, 0.3) is 0 Å². The van der Waals surface area contributed by atoms with E-state index in [1.54, 1.807) is 0 Å². The summed E-state index contributed by atoms with van der Waals surface area (Å²) in [5.74, 6) is 0.856. The molecule has 1 atom stereocenters. The fraction of sp³-hybridized carbons (Fsp3) is 0.500. The molecule has 0 radical (unpaired) electrons. The van der Waals surface area contributed by atoms with E-state index in [9.17, 15) is 0 Å². The molecule has 1 saturated heterocycles. The lowest BCUT2D eigenvalue weighted by Gasteiger charge is -2.29. The number of halogens is 1. The van der Waals surface area contributed by atoms with Gasteiger partial charge < -0.3 is 10.6 Å². The fourth-order valence-corrected chi connectivity index (χ4v) is 3.53. The van der Waals surface area contributed by atoms with Crippen LogP contribution >= 0.6 is 24.0 Å². The van der Waals surface area contributed by atoms with Gasteiger partial charge >= 0.3 is 0 Å². The Morgan fingerprint density at radius 3 is 2.56 bits per heavy atom. The van der Waals surface area contributed by atoms with Gasteiger partial charge in [-0.25, -0.2) is 0 Å². The standard InChI is InChI=1S/C20H30N6.HI/c1-21-20(22-11-10-17-14-24-25(2)16-17)23-15-19(26-12-6-7-13-26)18-8-4-3-5-9-18;/h3-5,8-9,14,16,19H,6-7,10-13,15H2,1-2H3,(H2,21,22,23);1H. The van der Waals surface area contributed by atoms with Gasteiger partial charge in [0.15, 0.2) is 5.96 Å².